The van der Waals surface area contributed by atoms with Gasteiger partial charge in [0.1, 0.15) is 5.75 Å². The Balaban J connectivity index is 2.85. The Morgan fingerprint density at radius 2 is 2.14 bits per heavy atom. The lowest BCUT2D eigenvalue weighted by molar-refractivity contribution is -0.126. The molecular weight excluding hydrogens is 346 g/mol. The predicted molar refractivity (Wildman–Crippen MR) is 90.7 cm³/mol. The molecule has 0 radical (unpaired) electrons. The van der Waals surface area contributed by atoms with E-state index in [2.05, 4.69) is 27.8 Å². The first-order chi connectivity index (χ1) is 10.4. The molecule has 120 valence electrons. The molecule has 1 aromatic carbocycles. The second-order valence-electron chi connectivity index (χ2n) is 5.34. The molecule has 22 heavy (non-hydrogen) atoms. The Kier molecular flexibility index (Phi) is 7.43. The van der Waals surface area contributed by atoms with Gasteiger partial charge < -0.3 is 14.7 Å². The summed E-state index contributed by atoms with van der Waals surface area (Å²) in [6.07, 6.45) is 0.534. The minimum absolute atomic E-state index is 0.121. The van der Waals surface area contributed by atoms with Crippen molar-refractivity contribution in [1.82, 2.24) is 4.90 Å². The number of nitrogens with zero attached hydrogens (tertiary/aromatic N) is 1. The van der Waals surface area contributed by atoms with E-state index in [1.807, 2.05) is 32.0 Å². The smallest absolute Gasteiger partial charge is 0.298 e. The Labute approximate surface area is 140 Å². The summed E-state index contributed by atoms with van der Waals surface area (Å²) < 4.78 is 6.05. The molecule has 1 N–H and O–H groups in total. The summed E-state index contributed by atoms with van der Waals surface area (Å²) in [4.78, 5) is 13.5. The number of benzene rings is 1. The fraction of sp³-hybridized carbons (Fsp3) is 0.471. The van der Waals surface area contributed by atoms with Crippen LogP contribution in [0, 0.1) is 17.8 Å². The largest absolute Gasteiger partial charge is 0.497 e. The Bertz CT molecular complexity index is 575. The highest BCUT2D eigenvalue weighted by Crippen LogP contribution is 2.24. The van der Waals surface area contributed by atoms with E-state index in [0.717, 1.165) is 15.8 Å². The zero-order chi connectivity index (χ0) is 16.7. The molecular formula is C17H22BrNO3. The summed E-state index contributed by atoms with van der Waals surface area (Å²) in [5.74, 6) is 6.07. The van der Waals surface area contributed by atoms with Crippen LogP contribution in [0.1, 0.15) is 19.4 Å². The number of halogens is 1. The standard InChI is InChI=1S/C17H22BrNO3/c1-12(2)5-8-17(21)19(3)14(11-20)9-13-6-7-15(22-4)10-16(13)18/h6-7,10,12,14,20H,9,11H2,1-4H3/t14-/m1/s1. The third-order valence-electron chi connectivity index (χ3n) is 3.26. The van der Waals surface area contributed by atoms with Crippen LogP contribution in [0.3, 0.4) is 0 Å². The number of likely N-dealkylation sites (N-methyl/N-ethyl adjacent to an activating group) is 1. The van der Waals surface area contributed by atoms with Crippen LogP contribution in [0.15, 0.2) is 22.7 Å². The van der Waals surface area contributed by atoms with Crippen molar-refractivity contribution in [1.29, 1.82) is 0 Å². The van der Waals surface area contributed by atoms with Gasteiger partial charge in [0.15, 0.2) is 0 Å². The average molecular weight is 368 g/mol. The molecule has 0 saturated heterocycles. The molecule has 0 aliphatic carbocycles. The number of aliphatic hydroxyl groups is 1. The number of amides is 1. The molecule has 0 spiro atoms. The second-order valence-corrected chi connectivity index (χ2v) is 6.19. The summed E-state index contributed by atoms with van der Waals surface area (Å²) >= 11 is 3.49. The lowest BCUT2D eigenvalue weighted by Gasteiger charge is -2.25. The third kappa shape index (κ3) is 5.36. The molecule has 1 atom stereocenters. The average Bonchev–Trinajstić information content (AvgIpc) is 2.50. The fourth-order valence-corrected chi connectivity index (χ4v) is 2.38. The number of carbonyl (C=O) groups excluding carboxylic acids is 1. The predicted octanol–water partition coefficient (Wildman–Crippen LogP) is 2.48. The number of rotatable bonds is 5. The normalized spacial score (nSPS) is 11.6. The summed E-state index contributed by atoms with van der Waals surface area (Å²) in [7, 11) is 3.27. The SMILES string of the molecule is COc1ccc(C[C@H](CO)N(C)C(=O)C#CC(C)C)c(Br)c1. The zero-order valence-corrected chi connectivity index (χ0v) is 15.0. The molecule has 0 aromatic heterocycles. The van der Waals surface area contributed by atoms with Gasteiger partial charge in [-0.2, -0.15) is 0 Å². The Hall–Kier alpha value is -1.51. The molecule has 1 amide bonds. The molecule has 5 heteroatoms. The first-order valence-corrected chi connectivity index (χ1v) is 7.90. The van der Waals surface area contributed by atoms with E-state index in [4.69, 9.17) is 4.74 Å². The maximum absolute atomic E-state index is 12.0. The molecule has 0 heterocycles. The van der Waals surface area contributed by atoms with Crippen LogP contribution in [0.4, 0.5) is 0 Å². The highest BCUT2D eigenvalue weighted by molar-refractivity contribution is 9.10. The van der Waals surface area contributed by atoms with Crippen molar-refractivity contribution in [2.45, 2.75) is 26.3 Å². The fourth-order valence-electron chi connectivity index (χ4n) is 1.86. The molecule has 1 aromatic rings. The summed E-state index contributed by atoms with van der Waals surface area (Å²) in [5.41, 5.74) is 0.997. The highest BCUT2D eigenvalue weighted by atomic mass is 79.9. The lowest BCUT2D eigenvalue weighted by atomic mass is 10.1. The molecule has 0 bridgehead atoms. The topological polar surface area (TPSA) is 49.8 Å². The van der Waals surface area contributed by atoms with Crippen LogP contribution in [-0.4, -0.2) is 42.7 Å². The van der Waals surface area contributed by atoms with Gasteiger partial charge in [0, 0.05) is 17.4 Å². The minimum Gasteiger partial charge on any atom is -0.497 e. The van der Waals surface area contributed by atoms with Gasteiger partial charge in [0.2, 0.25) is 0 Å². The van der Waals surface area contributed by atoms with E-state index in [9.17, 15) is 9.90 Å². The zero-order valence-electron chi connectivity index (χ0n) is 13.4. The van der Waals surface area contributed by atoms with Crippen molar-refractivity contribution in [3.05, 3.63) is 28.2 Å². The van der Waals surface area contributed by atoms with Gasteiger partial charge in [-0.15, -0.1) is 0 Å². The monoisotopic (exact) mass is 367 g/mol. The Morgan fingerprint density at radius 1 is 1.45 bits per heavy atom. The highest BCUT2D eigenvalue weighted by Gasteiger charge is 2.19. The van der Waals surface area contributed by atoms with Gasteiger partial charge in [-0.25, -0.2) is 0 Å². The van der Waals surface area contributed by atoms with Crippen molar-refractivity contribution in [2.75, 3.05) is 20.8 Å². The van der Waals surface area contributed by atoms with Crippen LogP contribution < -0.4 is 4.74 Å². The van der Waals surface area contributed by atoms with Crippen molar-refractivity contribution < 1.29 is 14.6 Å². The van der Waals surface area contributed by atoms with Crippen molar-refractivity contribution in [3.8, 4) is 17.6 Å². The van der Waals surface area contributed by atoms with E-state index in [-0.39, 0.29) is 24.5 Å². The molecule has 0 unspecified atom stereocenters. The number of hydrogen-bond donors (Lipinski definition) is 1. The number of aliphatic hydroxyl groups excluding tert-OH is 1. The van der Waals surface area contributed by atoms with Gasteiger partial charge in [0.05, 0.1) is 19.8 Å². The van der Waals surface area contributed by atoms with E-state index in [1.165, 1.54) is 4.90 Å². The summed E-state index contributed by atoms with van der Waals surface area (Å²) in [5, 5.41) is 9.59. The number of hydrogen-bond acceptors (Lipinski definition) is 3. The maximum Gasteiger partial charge on any atom is 0.298 e. The molecule has 0 aliphatic heterocycles. The van der Waals surface area contributed by atoms with E-state index in [0.29, 0.717) is 6.42 Å². The number of methoxy groups -OCH3 is 1. The van der Waals surface area contributed by atoms with Gasteiger partial charge in [0.25, 0.3) is 5.91 Å². The van der Waals surface area contributed by atoms with E-state index in [1.54, 1.807) is 14.2 Å². The van der Waals surface area contributed by atoms with Crippen LogP contribution in [0.5, 0.6) is 5.75 Å². The van der Waals surface area contributed by atoms with Crippen LogP contribution in [0.2, 0.25) is 0 Å². The van der Waals surface area contributed by atoms with Crippen molar-refractivity contribution in [2.24, 2.45) is 5.92 Å². The molecule has 1 rings (SSSR count). The van der Waals surface area contributed by atoms with Crippen molar-refractivity contribution in [3.63, 3.8) is 0 Å². The first-order valence-electron chi connectivity index (χ1n) is 7.10. The quantitative estimate of drug-likeness (QED) is 0.813. The molecule has 0 aliphatic rings. The Morgan fingerprint density at radius 3 is 2.64 bits per heavy atom. The summed E-state index contributed by atoms with van der Waals surface area (Å²) in [6, 6.07) is 5.32. The van der Waals surface area contributed by atoms with E-state index >= 15 is 0 Å². The lowest BCUT2D eigenvalue weighted by Crippen LogP contribution is -2.40. The maximum atomic E-state index is 12.0. The van der Waals surface area contributed by atoms with Crippen LogP contribution >= 0.6 is 15.9 Å². The third-order valence-corrected chi connectivity index (χ3v) is 4.00. The first kappa shape index (κ1) is 18.5. The van der Waals surface area contributed by atoms with Crippen molar-refractivity contribution >= 4 is 21.8 Å². The minimum atomic E-state index is -0.321. The van der Waals surface area contributed by atoms with Gasteiger partial charge >= 0.3 is 0 Å². The number of carbonyl (C=O) groups is 1. The molecule has 0 fully saturated rings. The molecule has 0 saturated carbocycles. The van der Waals surface area contributed by atoms with E-state index < -0.39 is 0 Å². The number of ether oxygens (including phenoxy) is 1. The van der Waals surface area contributed by atoms with Gasteiger partial charge in [-0.1, -0.05) is 41.8 Å². The van der Waals surface area contributed by atoms with Crippen LogP contribution in [0.25, 0.3) is 0 Å². The van der Waals surface area contributed by atoms with Gasteiger partial charge in [-0.05, 0) is 30.0 Å². The van der Waals surface area contributed by atoms with Gasteiger partial charge in [-0.3, -0.25) is 4.79 Å². The summed E-state index contributed by atoms with van der Waals surface area (Å²) in [6.45, 7) is 3.74. The van der Waals surface area contributed by atoms with Crippen LogP contribution in [-0.2, 0) is 11.2 Å². The second kappa shape index (κ2) is 8.82. The molecule has 4 nitrogen and oxygen atoms in total.